The highest BCUT2D eigenvalue weighted by Crippen LogP contribution is 2.22. The third-order valence-electron chi connectivity index (χ3n) is 4.02. The van der Waals surface area contributed by atoms with E-state index in [0.29, 0.717) is 0 Å². The second-order valence-corrected chi connectivity index (χ2v) is 5.91. The van der Waals surface area contributed by atoms with Gasteiger partial charge in [-0.3, -0.25) is 4.79 Å². The van der Waals surface area contributed by atoms with Crippen molar-refractivity contribution in [2.75, 3.05) is 6.54 Å². The second kappa shape index (κ2) is 6.78. The Bertz CT molecular complexity index is 321. The standard InChI is InChI=1S/C14H26N2O3/c1-9(2)12(13(17)18)8-15-14(19)16-10(3)6-5-7-11(16)4/h9-12H,5-8H2,1-4H3,(H,15,19)(H,17,18)/t10-,11+,12?. The lowest BCUT2D eigenvalue weighted by atomic mass is 9.96. The minimum Gasteiger partial charge on any atom is -0.481 e. The molecular weight excluding hydrogens is 244 g/mol. The summed E-state index contributed by atoms with van der Waals surface area (Å²) in [7, 11) is 0. The van der Waals surface area contributed by atoms with Crippen LogP contribution in [0.2, 0.25) is 0 Å². The molecule has 1 saturated heterocycles. The molecule has 0 aromatic heterocycles. The van der Waals surface area contributed by atoms with E-state index in [0.717, 1.165) is 19.3 Å². The van der Waals surface area contributed by atoms with E-state index in [-0.39, 0.29) is 30.6 Å². The van der Waals surface area contributed by atoms with Crippen LogP contribution in [0.15, 0.2) is 0 Å². The van der Waals surface area contributed by atoms with Crippen molar-refractivity contribution in [1.29, 1.82) is 0 Å². The Hall–Kier alpha value is -1.26. The molecule has 1 aliphatic rings. The lowest BCUT2D eigenvalue weighted by Gasteiger charge is -2.39. The van der Waals surface area contributed by atoms with Crippen LogP contribution in [0.5, 0.6) is 0 Å². The van der Waals surface area contributed by atoms with E-state index in [4.69, 9.17) is 5.11 Å². The molecule has 19 heavy (non-hydrogen) atoms. The first-order valence-electron chi connectivity index (χ1n) is 7.13. The molecule has 0 saturated carbocycles. The van der Waals surface area contributed by atoms with Gasteiger partial charge in [-0.25, -0.2) is 4.79 Å². The highest BCUT2D eigenvalue weighted by Gasteiger charge is 2.30. The summed E-state index contributed by atoms with van der Waals surface area (Å²) < 4.78 is 0. The molecule has 0 radical (unpaired) electrons. The van der Waals surface area contributed by atoms with E-state index in [1.165, 1.54) is 0 Å². The summed E-state index contributed by atoms with van der Waals surface area (Å²) in [6.45, 7) is 8.01. The lowest BCUT2D eigenvalue weighted by Crippen LogP contribution is -2.53. The van der Waals surface area contributed by atoms with Gasteiger partial charge >= 0.3 is 12.0 Å². The number of carbonyl (C=O) groups excluding carboxylic acids is 1. The number of carboxylic acid groups (broad SMARTS) is 1. The Morgan fingerprint density at radius 2 is 1.79 bits per heavy atom. The highest BCUT2D eigenvalue weighted by atomic mass is 16.4. The quantitative estimate of drug-likeness (QED) is 0.823. The summed E-state index contributed by atoms with van der Waals surface area (Å²) in [5.74, 6) is -1.37. The molecule has 2 amide bonds. The minimum atomic E-state index is -0.852. The number of piperidine rings is 1. The minimum absolute atomic E-state index is 0.00834. The van der Waals surface area contributed by atoms with Crippen molar-refractivity contribution in [1.82, 2.24) is 10.2 Å². The van der Waals surface area contributed by atoms with E-state index >= 15 is 0 Å². The maximum atomic E-state index is 12.2. The second-order valence-electron chi connectivity index (χ2n) is 5.91. The van der Waals surface area contributed by atoms with Gasteiger partial charge in [0.2, 0.25) is 0 Å². The van der Waals surface area contributed by atoms with Crippen LogP contribution in [0.1, 0.15) is 47.0 Å². The van der Waals surface area contributed by atoms with Gasteiger partial charge in [0.15, 0.2) is 0 Å². The van der Waals surface area contributed by atoms with Crippen molar-refractivity contribution in [2.24, 2.45) is 11.8 Å². The van der Waals surface area contributed by atoms with E-state index in [2.05, 4.69) is 5.32 Å². The van der Waals surface area contributed by atoms with Crippen molar-refractivity contribution >= 4 is 12.0 Å². The average Bonchev–Trinajstić information content (AvgIpc) is 2.27. The summed E-state index contributed by atoms with van der Waals surface area (Å²) in [5, 5.41) is 11.9. The van der Waals surface area contributed by atoms with Gasteiger partial charge in [-0.05, 0) is 39.0 Å². The summed E-state index contributed by atoms with van der Waals surface area (Å²) in [6, 6.07) is 0.323. The monoisotopic (exact) mass is 270 g/mol. The van der Waals surface area contributed by atoms with E-state index in [9.17, 15) is 9.59 Å². The largest absolute Gasteiger partial charge is 0.481 e. The van der Waals surface area contributed by atoms with Crippen LogP contribution in [0.4, 0.5) is 4.79 Å². The molecule has 5 heteroatoms. The molecule has 1 unspecified atom stereocenters. The van der Waals surface area contributed by atoms with Gasteiger partial charge < -0.3 is 15.3 Å². The number of hydrogen-bond acceptors (Lipinski definition) is 2. The number of urea groups is 1. The molecule has 0 aliphatic carbocycles. The van der Waals surface area contributed by atoms with Crippen molar-refractivity contribution in [2.45, 2.75) is 59.0 Å². The van der Waals surface area contributed by atoms with Gasteiger partial charge in [-0.2, -0.15) is 0 Å². The van der Waals surface area contributed by atoms with Gasteiger partial charge in [0.1, 0.15) is 0 Å². The predicted octanol–water partition coefficient (Wildman–Crippen LogP) is 2.32. The van der Waals surface area contributed by atoms with Crippen LogP contribution < -0.4 is 5.32 Å². The fourth-order valence-electron chi connectivity index (χ4n) is 2.72. The number of aliphatic carboxylic acids is 1. The van der Waals surface area contributed by atoms with Crippen LogP contribution in [-0.4, -0.2) is 40.6 Å². The van der Waals surface area contributed by atoms with Gasteiger partial charge in [0.25, 0.3) is 0 Å². The Morgan fingerprint density at radius 3 is 2.21 bits per heavy atom. The summed E-state index contributed by atoms with van der Waals surface area (Å²) in [5.41, 5.74) is 0. The number of rotatable bonds is 4. The summed E-state index contributed by atoms with van der Waals surface area (Å²) in [6.07, 6.45) is 3.18. The van der Waals surface area contributed by atoms with Gasteiger partial charge in [-0.1, -0.05) is 13.8 Å². The molecule has 2 N–H and O–H groups in total. The number of nitrogens with one attached hydrogen (secondary N) is 1. The van der Waals surface area contributed by atoms with E-state index < -0.39 is 11.9 Å². The van der Waals surface area contributed by atoms with E-state index in [1.54, 1.807) is 0 Å². The van der Waals surface area contributed by atoms with Crippen molar-refractivity contribution in [3.8, 4) is 0 Å². The maximum Gasteiger partial charge on any atom is 0.317 e. The topological polar surface area (TPSA) is 69.6 Å². The Morgan fingerprint density at radius 1 is 1.26 bits per heavy atom. The molecule has 0 aromatic rings. The van der Waals surface area contributed by atoms with Crippen molar-refractivity contribution in [3.63, 3.8) is 0 Å². The molecule has 3 atom stereocenters. The van der Waals surface area contributed by atoms with Gasteiger partial charge in [0.05, 0.1) is 5.92 Å². The molecule has 1 aliphatic heterocycles. The predicted molar refractivity (Wildman–Crippen MR) is 74.0 cm³/mol. The first-order chi connectivity index (χ1) is 8.84. The molecule has 1 rings (SSSR count). The fraction of sp³-hybridized carbons (Fsp3) is 0.857. The molecule has 0 spiro atoms. The fourth-order valence-corrected chi connectivity index (χ4v) is 2.72. The maximum absolute atomic E-state index is 12.2. The molecule has 0 bridgehead atoms. The molecule has 110 valence electrons. The van der Waals surface area contributed by atoms with Crippen molar-refractivity contribution in [3.05, 3.63) is 0 Å². The molecule has 0 aromatic carbocycles. The van der Waals surface area contributed by atoms with Gasteiger partial charge in [0, 0.05) is 18.6 Å². The molecule has 1 heterocycles. The highest BCUT2D eigenvalue weighted by molar-refractivity contribution is 5.76. The normalized spacial score (nSPS) is 25.2. The first kappa shape index (κ1) is 15.8. The summed E-state index contributed by atoms with van der Waals surface area (Å²) in [4.78, 5) is 25.1. The van der Waals surface area contributed by atoms with Crippen LogP contribution in [0.3, 0.4) is 0 Å². The van der Waals surface area contributed by atoms with Crippen LogP contribution >= 0.6 is 0 Å². The average molecular weight is 270 g/mol. The number of carboxylic acids is 1. The van der Waals surface area contributed by atoms with Gasteiger partial charge in [-0.15, -0.1) is 0 Å². The van der Waals surface area contributed by atoms with Crippen molar-refractivity contribution < 1.29 is 14.7 Å². The number of likely N-dealkylation sites (tertiary alicyclic amines) is 1. The lowest BCUT2D eigenvalue weighted by molar-refractivity contribution is -0.142. The van der Waals surface area contributed by atoms with Crippen LogP contribution in [-0.2, 0) is 4.79 Å². The Labute approximate surface area is 115 Å². The molecule has 1 fully saturated rings. The van der Waals surface area contributed by atoms with E-state index in [1.807, 2.05) is 32.6 Å². The smallest absolute Gasteiger partial charge is 0.317 e. The number of hydrogen-bond donors (Lipinski definition) is 2. The zero-order valence-electron chi connectivity index (χ0n) is 12.3. The zero-order chi connectivity index (χ0) is 14.6. The number of carbonyl (C=O) groups is 2. The Kier molecular flexibility index (Phi) is 5.63. The molecule has 5 nitrogen and oxygen atoms in total. The third-order valence-corrected chi connectivity index (χ3v) is 4.02. The number of nitrogens with zero attached hydrogens (tertiary/aromatic N) is 1. The SMILES string of the molecule is CC(C)C(CNC(=O)N1[C@H](C)CCC[C@@H]1C)C(=O)O. The summed E-state index contributed by atoms with van der Waals surface area (Å²) >= 11 is 0. The third kappa shape index (κ3) is 4.11. The Balaban J connectivity index is 2.56. The first-order valence-corrected chi connectivity index (χ1v) is 7.13. The number of amides is 2. The molecular formula is C14H26N2O3. The van der Waals surface area contributed by atoms with Crippen LogP contribution in [0, 0.1) is 11.8 Å². The zero-order valence-corrected chi connectivity index (χ0v) is 12.3. The van der Waals surface area contributed by atoms with Crippen LogP contribution in [0.25, 0.3) is 0 Å².